The maximum atomic E-state index is 12.3. The van der Waals surface area contributed by atoms with Crippen LogP contribution >= 0.6 is 22.9 Å². The van der Waals surface area contributed by atoms with Gasteiger partial charge in [0.15, 0.2) is 0 Å². The Kier molecular flexibility index (Phi) is 4.68. The van der Waals surface area contributed by atoms with Gasteiger partial charge in [0.05, 0.1) is 15.9 Å². The molecule has 0 aliphatic heterocycles. The molecule has 120 valence electrons. The molecule has 1 atom stereocenters. The number of amides is 2. The van der Waals surface area contributed by atoms with Gasteiger partial charge in [-0.15, -0.1) is 11.3 Å². The van der Waals surface area contributed by atoms with Gasteiger partial charge in [-0.05, 0) is 43.5 Å². The van der Waals surface area contributed by atoms with Crippen LogP contribution in [0.25, 0.3) is 0 Å². The zero-order chi connectivity index (χ0) is 16.4. The molecule has 1 aliphatic rings. The summed E-state index contributed by atoms with van der Waals surface area (Å²) in [6.07, 6.45) is 1.92. The predicted molar refractivity (Wildman–Crippen MR) is 93.0 cm³/mol. The standard InChI is InChI=1S/C17H17ClN2O2S/c1-10(12-4-2-3-5-13(12)18)19-17(22)14-8-9-15(23-14)20-16(21)11-6-7-11/h2-5,8-11H,6-7H2,1H3,(H,19,22)(H,20,21). The van der Waals surface area contributed by atoms with Gasteiger partial charge in [0.2, 0.25) is 5.91 Å². The van der Waals surface area contributed by atoms with Crippen LogP contribution in [-0.2, 0) is 4.79 Å². The highest BCUT2D eigenvalue weighted by molar-refractivity contribution is 7.18. The van der Waals surface area contributed by atoms with E-state index in [9.17, 15) is 9.59 Å². The molecule has 0 spiro atoms. The third-order valence-electron chi connectivity index (χ3n) is 3.74. The van der Waals surface area contributed by atoms with Crippen molar-refractivity contribution in [3.8, 4) is 0 Å². The molecule has 1 aliphatic carbocycles. The molecule has 3 rings (SSSR count). The van der Waals surface area contributed by atoms with E-state index in [2.05, 4.69) is 10.6 Å². The fourth-order valence-electron chi connectivity index (χ4n) is 2.27. The van der Waals surface area contributed by atoms with Crippen LogP contribution < -0.4 is 10.6 Å². The Bertz CT molecular complexity index is 740. The van der Waals surface area contributed by atoms with Crippen LogP contribution in [0, 0.1) is 5.92 Å². The number of carbonyl (C=O) groups is 2. The van der Waals surface area contributed by atoms with Gasteiger partial charge < -0.3 is 10.6 Å². The van der Waals surface area contributed by atoms with E-state index in [0.29, 0.717) is 14.9 Å². The lowest BCUT2D eigenvalue weighted by Gasteiger charge is -2.15. The number of hydrogen-bond donors (Lipinski definition) is 2. The van der Waals surface area contributed by atoms with E-state index in [1.807, 2.05) is 25.1 Å². The van der Waals surface area contributed by atoms with Gasteiger partial charge >= 0.3 is 0 Å². The van der Waals surface area contributed by atoms with E-state index >= 15 is 0 Å². The summed E-state index contributed by atoms with van der Waals surface area (Å²) in [5.74, 6) is 0.0206. The largest absolute Gasteiger partial charge is 0.345 e. The second-order valence-corrected chi connectivity index (χ2v) is 7.14. The molecule has 23 heavy (non-hydrogen) atoms. The first-order valence-electron chi connectivity index (χ1n) is 7.50. The number of rotatable bonds is 5. The number of nitrogens with one attached hydrogen (secondary N) is 2. The summed E-state index contributed by atoms with van der Waals surface area (Å²) >= 11 is 7.43. The number of benzene rings is 1. The maximum absolute atomic E-state index is 12.3. The lowest BCUT2D eigenvalue weighted by molar-refractivity contribution is -0.117. The van der Waals surface area contributed by atoms with E-state index in [1.54, 1.807) is 18.2 Å². The normalized spacial score (nSPS) is 15.0. The Morgan fingerprint density at radius 1 is 1.22 bits per heavy atom. The van der Waals surface area contributed by atoms with E-state index in [-0.39, 0.29) is 23.8 Å². The zero-order valence-corrected chi connectivity index (χ0v) is 14.2. The number of thiophene rings is 1. The van der Waals surface area contributed by atoms with E-state index < -0.39 is 0 Å². The van der Waals surface area contributed by atoms with Crippen molar-refractivity contribution in [2.75, 3.05) is 5.32 Å². The average molecular weight is 349 g/mol. The van der Waals surface area contributed by atoms with Crippen LogP contribution in [0.3, 0.4) is 0 Å². The minimum absolute atomic E-state index is 0.0447. The van der Waals surface area contributed by atoms with Crippen molar-refractivity contribution >= 4 is 39.8 Å². The van der Waals surface area contributed by atoms with Crippen LogP contribution in [0.15, 0.2) is 36.4 Å². The molecular weight excluding hydrogens is 332 g/mol. The molecular formula is C17H17ClN2O2S. The highest BCUT2D eigenvalue weighted by atomic mass is 35.5. The van der Waals surface area contributed by atoms with Crippen molar-refractivity contribution in [2.24, 2.45) is 5.92 Å². The van der Waals surface area contributed by atoms with Crippen LogP contribution in [0.4, 0.5) is 5.00 Å². The molecule has 4 nitrogen and oxygen atoms in total. The lowest BCUT2D eigenvalue weighted by atomic mass is 10.1. The fraction of sp³-hybridized carbons (Fsp3) is 0.294. The summed E-state index contributed by atoms with van der Waals surface area (Å²) < 4.78 is 0. The topological polar surface area (TPSA) is 58.2 Å². The highest BCUT2D eigenvalue weighted by Gasteiger charge is 2.29. The molecule has 1 aromatic heterocycles. The number of halogens is 1. The fourth-order valence-corrected chi connectivity index (χ4v) is 3.38. The highest BCUT2D eigenvalue weighted by Crippen LogP contribution is 2.31. The molecule has 2 aromatic rings. The van der Waals surface area contributed by atoms with Crippen molar-refractivity contribution in [3.63, 3.8) is 0 Å². The van der Waals surface area contributed by atoms with Crippen molar-refractivity contribution in [1.82, 2.24) is 5.32 Å². The van der Waals surface area contributed by atoms with Gasteiger partial charge in [-0.3, -0.25) is 9.59 Å². The molecule has 0 saturated heterocycles. The minimum atomic E-state index is -0.192. The Morgan fingerprint density at radius 3 is 2.65 bits per heavy atom. The SMILES string of the molecule is CC(NC(=O)c1ccc(NC(=O)C2CC2)s1)c1ccccc1Cl. The third kappa shape index (κ3) is 3.92. The van der Waals surface area contributed by atoms with Crippen LogP contribution in [0.1, 0.15) is 41.0 Å². The molecule has 1 heterocycles. The third-order valence-corrected chi connectivity index (χ3v) is 5.09. The Labute approximate surface area is 143 Å². The first kappa shape index (κ1) is 16.0. The van der Waals surface area contributed by atoms with Gasteiger partial charge in [0, 0.05) is 10.9 Å². The predicted octanol–water partition coefficient (Wildman–Crippen LogP) is 4.24. The summed E-state index contributed by atoms with van der Waals surface area (Å²) in [5.41, 5.74) is 0.876. The summed E-state index contributed by atoms with van der Waals surface area (Å²) in [7, 11) is 0. The maximum Gasteiger partial charge on any atom is 0.261 e. The zero-order valence-electron chi connectivity index (χ0n) is 12.6. The monoisotopic (exact) mass is 348 g/mol. The second-order valence-electron chi connectivity index (χ2n) is 5.64. The van der Waals surface area contributed by atoms with E-state index in [0.717, 1.165) is 18.4 Å². The van der Waals surface area contributed by atoms with E-state index in [1.165, 1.54) is 11.3 Å². The summed E-state index contributed by atoms with van der Waals surface area (Å²) in [4.78, 5) is 24.6. The molecule has 1 fully saturated rings. The molecule has 2 amide bonds. The number of carbonyl (C=O) groups excluding carboxylic acids is 2. The van der Waals surface area contributed by atoms with Gasteiger partial charge in [-0.25, -0.2) is 0 Å². The summed E-state index contributed by atoms with van der Waals surface area (Å²) in [6.45, 7) is 1.89. The van der Waals surface area contributed by atoms with Crippen molar-refractivity contribution in [1.29, 1.82) is 0 Å². The van der Waals surface area contributed by atoms with Crippen molar-refractivity contribution < 1.29 is 9.59 Å². The van der Waals surface area contributed by atoms with Crippen LogP contribution in [-0.4, -0.2) is 11.8 Å². The molecule has 6 heteroatoms. The first-order chi connectivity index (χ1) is 11.0. The molecule has 1 saturated carbocycles. The number of hydrogen-bond acceptors (Lipinski definition) is 3. The van der Waals surface area contributed by atoms with Gasteiger partial charge in [-0.2, -0.15) is 0 Å². The van der Waals surface area contributed by atoms with Gasteiger partial charge in [0.1, 0.15) is 0 Å². The second kappa shape index (κ2) is 6.72. The summed E-state index contributed by atoms with van der Waals surface area (Å²) in [5, 5.41) is 7.12. The molecule has 1 aromatic carbocycles. The van der Waals surface area contributed by atoms with E-state index in [4.69, 9.17) is 11.6 Å². The first-order valence-corrected chi connectivity index (χ1v) is 8.70. The van der Waals surface area contributed by atoms with Gasteiger partial charge in [0.25, 0.3) is 5.91 Å². The smallest absolute Gasteiger partial charge is 0.261 e. The molecule has 0 radical (unpaired) electrons. The summed E-state index contributed by atoms with van der Waals surface area (Å²) in [6, 6.07) is 10.7. The molecule has 1 unspecified atom stereocenters. The minimum Gasteiger partial charge on any atom is -0.345 e. The quantitative estimate of drug-likeness (QED) is 0.849. The Hall–Kier alpha value is -1.85. The Morgan fingerprint density at radius 2 is 1.96 bits per heavy atom. The van der Waals surface area contributed by atoms with Crippen molar-refractivity contribution in [2.45, 2.75) is 25.8 Å². The average Bonchev–Trinajstić information content (AvgIpc) is 3.28. The van der Waals surface area contributed by atoms with Crippen LogP contribution in [0.2, 0.25) is 5.02 Å². The van der Waals surface area contributed by atoms with Gasteiger partial charge in [-0.1, -0.05) is 29.8 Å². The lowest BCUT2D eigenvalue weighted by Crippen LogP contribution is -2.26. The molecule has 0 bridgehead atoms. The van der Waals surface area contributed by atoms with Crippen molar-refractivity contribution in [3.05, 3.63) is 51.9 Å². The van der Waals surface area contributed by atoms with Crippen LogP contribution in [0.5, 0.6) is 0 Å². The Balaban J connectivity index is 1.63. The molecule has 2 N–H and O–H groups in total. The number of anilines is 1.